The molecule has 3 rings (SSSR count). The summed E-state index contributed by atoms with van der Waals surface area (Å²) in [6.45, 7) is 12.2. The number of rotatable bonds is 7. The molecule has 1 aromatic heterocycles. The normalized spacial score (nSPS) is 10.6. The molecular formula is C23H22O4. The zero-order chi connectivity index (χ0) is 19.4. The molecule has 0 amide bonds. The van der Waals surface area contributed by atoms with Gasteiger partial charge in [0.25, 0.3) is 0 Å². The van der Waals surface area contributed by atoms with Crippen LogP contribution in [-0.2, 0) is 0 Å². The first kappa shape index (κ1) is 18.5. The SMILES string of the molecule is C=C(C)COc1cc(OCC(=C)C)c2c(-c3ccccc3)cc(=O)oc2c1. The molecule has 0 saturated heterocycles. The molecule has 0 spiro atoms. The maximum atomic E-state index is 12.2. The molecule has 0 fully saturated rings. The molecule has 0 unspecified atom stereocenters. The minimum absolute atomic E-state index is 0.354. The summed E-state index contributed by atoms with van der Waals surface area (Å²) in [5.74, 6) is 1.13. The van der Waals surface area contributed by atoms with Crippen LogP contribution in [0.2, 0.25) is 0 Å². The van der Waals surface area contributed by atoms with E-state index in [0.717, 1.165) is 27.7 Å². The summed E-state index contributed by atoms with van der Waals surface area (Å²) in [5.41, 5.74) is 3.42. The highest BCUT2D eigenvalue weighted by molar-refractivity contribution is 5.98. The largest absolute Gasteiger partial charge is 0.489 e. The Hall–Kier alpha value is -3.27. The molecule has 0 bridgehead atoms. The van der Waals surface area contributed by atoms with Gasteiger partial charge in [0.05, 0.1) is 5.39 Å². The molecule has 1 heterocycles. The highest BCUT2D eigenvalue weighted by atomic mass is 16.5. The molecular weight excluding hydrogens is 340 g/mol. The van der Waals surface area contributed by atoms with E-state index in [1.807, 2.05) is 44.2 Å². The van der Waals surface area contributed by atoms with Crippen LogP contribution in [0.15, 0.2) is 82.0 Å². The molecule has 0 saturated carbocycles. The first-order chi connectivity index (χ1) is 12.9. The summed E-state index contributed by atoms with van der Waals surface area (Å²) in [5, 5.41) is 0.727. The predicted octanol–water partition coefficient (Wildman–Crippen LogP) is 5.37. The number of fused-ring (bicyclic) bond motifs is 1. The van der Waals surface area contributed by atoms with Crippen molar-refractivity contribution in [2.24, 2.45) is 0 Å². The molecule has 0 N–H and O–H groups in total. The average Bonchev–Trinajstić information content (AvgIpc) is 2.64. The van der Waals surface area contributed by atoms with Crippen molar-refractivity contribution in [1.82, 2.24) is 0 Å². The maximum Gasteiger partial charge on any atom is 0.336 e. The van der Waals surface area contributed by atoms with Gasteiger partial charge in [0, 0.05) is 23.8 Å². The van der Waals surface area contributed by atoms with Crippen molar-refractivity contribution >= 4 is 11.0 Å². The Labute approximate surface area is 158 Å². The third kappa shape index (κ3) is 4.47. The van der Waals surface area contributed by atoms with Crippen LogP contribution in [0.4, 0.5) is 0 Å². The van der Waals surface area contributed by atoms with Gasteiger partial charge in [0.1, 0.15) is 30.3 Å². The Morgan fingerprint density at radius 2 is 1.63 bits per heavy atom. The molecule has 0 atom stereocenters. The van der Waals surface area contributed by atoms with Gasteiger partial charge in [-0.15, -0.1) is 0 Å². The van der Waals surface area contributed by atoms with Gasteiger partial charge in [0.15, 0.2) is 0 Å². The lowest BCUT2D eigenvalue weighted by Crippen LogP contribution is -2.04. The molecule has 2 aromatic carbocycles. The summed E-state index contributed by atoms with van der Waals surface area (Å²) in [4.78, 5) is 12.2. The van der Waals surface area contributed by atoms with Gasteiger partial charge in [-0.3, -0.25) is 0 Å². The Bertz CT molecular complexity index is 1050. The highest BCUT2D eigenvalue weighted by Gasteiger charge is 2.15. The fraction of sp³-hybridized carbons (Fsp3) is 0.174. The van der Waals surface area contributed by atoms with Crippen LogP contribution in [0.3, 0.4) is 0 Å². The van der Waals surface area contributed by atoms with E-state index in [1.54, 1.807) is 12.1 Å². The zero-order valence-electron chi connectivity index (χ0n) is 15.6. The van der Waals surface area contributed by atoms with Crippen molar-refractivity contribution in [2.75, 3.05) is 13.2 Å². The lowest BCUT2D eigenvalue weighted by atomic mass is 10.0. The smallest absolute Gasteiger partial charge is 0.336 e. The molecule has 27 heavy (non-hydrogen) atoms. The van der Waals surface area contributed by atoms with Gasteiger partial charge in [-0.1, -0.05) is 43.5 Å². The fourth-order valence-corrected chi connectivity index (χ4v) is 2.69. The van der Waals surface area contributed by atoms with E-state index < -0.39 is 5.63 Å². The molecule has 0 aliphatic rings. The number of hydrogen-bond donors (Lipinski definition) is 0. The van der Waals surface area contributed by atoms with E-state index >= 15 is 0 Å². The van der Waals surface area contributed by atoms with Crippen molar-refractivity contribution in [3.8, 4) is 22.6 Å². The van der Waals surface area contributed by atoms with Crippen molar-refractivity contribution in [3.63, 3.8) is 0 Å². The average molecular weight is 362 g/mol. The first-order valence-corrected chi connectivity index (χ1v) is 8.65. The van der Waals surface area contributed by atoms with Gasteiger partial charge >= 0.3 is 5.63 Å². The van der Waals surface area contributed by atoms with E-state index in [-0.39, 0.29) is 0 Å². The molecule has 3 aromatic rings. The lowest BCUT2D eigenvalue weighted by Gasteiger charge is -2.15. The first-order valence-electron chi connectivity index (χ1n) is 8.65. The van der Waals surface area contributed by atoms with E-state index in [1.165, 1.54) is 6.07 Å². The summed E-state index contributed by atoms with van der Waals surface area (Å²) >= 11 is 0. The Morgan fingerprint density at radius 1 is 0.963 bits per heavy atom. The molecule has 4 heteroatoms. The van der Waals surface area contributed by atoms with Crippen LogP contribution in [0.25, 0.3) is 22.1 Å². The van der Waals surface area contributed by atoms with Crippen LogP contribution in [-0.4, -0.2) is 13.2 Å². The van der Waals surface area contributed by atoms with Crippen molar-refractivity contribution in [3.05, 3.63) is 83.3 Å². The Morgan fingerprint density at radius 3 is 2.30 bits per heavy atom. The van der Waals surface area contributed by atoms with E-state index in [0.29, 0.717) is 30.3 Å². The standard InChI is InChI=1S/C23H22O4/c1-15(2)13-25-18-10-20(26-14-16(3)4)23-19(17-8-6-5-7-9-17)12-22(24)27-21(23)11-18/h5-12H,1,3,13-14H2,2,4H3. The number of hydrogen-bond acceptors (Lipinski definition) is 4. The molecule has 0 aliphatic carbocycles. The zero-order valence-corrected chi connectivity index (χ0v) is 15.6. The third-order valence-corrected chi connectivity index (χ3v) is 3.83. The third-order valence-electron chi connectivity index (χ3n) is 3.83. The summed E-state index contributed by atoms with van der Waals surface area (Å²) < 4.78 is 17.2. The maximum absolute atomic E-state index is 12.2. The quantitative estimate of drug-likeness (QED) is 0.419. The highest BCUT2D eigenvalue weighted by Crippen LogP contribution is 2.37. The van der Waals surface area contributed by atoms with Crippen molar-refractivity contribution in [1.29, 1.82) is 0 Å². The number of ether oxygens (including phenoxy) is 2. The Kier molecular flexibility index (Phi) is 5.46. The van der Waals surface area contributed by atoms with Gasteiger partial charge in [0.2, 0.25) is 0 Å². The second kappa shape index (κ2) is 7.96. The van der Waals surface area contributed by atoms with Crippen molar-refractivity contribution < 1.29 is 13.9 Å². The van der Waals surface area contributed by atoms with Crippen LogP contribution < -0.4 is 15.1 Å². The summed E-state index contributed by atoms with van der Waals surface area (Å²) in [6, 6.07) is 14.7. The van der Waals surface area contributed by atoms with Crippen LogP contribution in [0, 0.1) is 0 Å². The van der Waals surface area contributed by atoms with E-state index in [2.05, 4.69) is 13.2 Å². The lowest BCUT2D eigenvalue weighted by molar-refractivity contribution is 0.337. The summed E-state index contributed by atoms with van der Waals surface area (Å²) in [7, 11) is 0. The minimum atomic E-state index is -0.427. The van der Waals surface area contributed by atoms with Crippen molar-refractivity contribution in [2.45, 2.75) is 13.8 Å². The molecule has 0 radical (unpaired) electrons. The van der Waals surface area contributed by atoms with E-state index in [9.17, 15) is 4.79 Å². The van der Waals surface area contributed by atoms with Gasteiger partial charge < -0.3 is 13.9 Å². The second-order valence-electron chi connectivity index (χ2n) is 6.63. The second-order valence-corrected chi connectivity index (χ2v) is 6.63. The Balaban J connectivity index is 2.22. The topological polar surface area (TPSA) is 48.7 Å². The van der Waals surface area contributed by atoms with Gasteiger partial charge in [-0.2, -0.15) is 0 Å². The van der Waals surface area contributed by atoms with E-state index in [4.69, 9.17) is 13.9 Å². The monoisotopic (exact) mass is 362 g/mol. The predicted molar refractivity (Wildman–Crippen MR) is 109 cm³/mol. The van der Waals surface area contributed by atoms with Gasteiger partial charge in [-0.25, -0.2) is 4.79 Å². The molecule has 0 aliphatic heterocycles. The van der Waals surface area contributed by atoms with Crippen LogP contribution >= 0.6 is 0 Å². The number of benzene rings is 2. The van der Waals surface area contributed by atoms with Gasteiger partial charge in [-0.05, 0) is 30.6 Å². The van der Waals surface area contributed by atoms with Crippen LogP contribution in [0.1, 0.15) is 13.8 Å². The molecule has 4 nitrogen and oxygen atoms in total. The summed E-state index contributed by atoms with van der Waals surface area (Å²) in [6.07, 6.45) is 0. The van der Waals surface area contributed by atoms with Crippen LogP contribution in [0.5, 0.6) is 11.5 Å². The molecule has 138 valence electrons. The fourth-order valence-electron chi connectivity index (χ4n) is 2.69. The minimum Gasteiger partial charge on any atom is -0.489 e.